The van der Waals surface area contributed by atoms with Gasteiger partial charge in [-0.05, 0) is 30.7 Å². The normalized spacial score (nSPS) is 21.8. The molecule has 0 spiro atoms. The van der Waals surface area contributed by atoms with Crippen LogP contribution in [0.3, 0.4) is 0 Å². The molecule has 0 aromatic heterocycles. The molecule has 1 unspecified atom stereocenters. The van der Waals surface area contributed by atoms with Crippen LogP contribution in [0, 0.1) is 12.8 Å². The molecule has 2 rings (SSSR count). The molecule has 1 aliphatic heterocycles. The number of benzene rings is 1. The Kier molecular flexibility index (Phi) is 4.63. The molecule has 0 bridgehead atoms. The second-order valence-corrected chi connectivity index (χ2v) is 7.33. The van der Waals surface area contributed by atoms with Crippen LogP contribution in [0.1, 0.15) is 12.0 Å². The number of ether oxygens (including phenoxy) is 1. The number of carboxylic acid groups (broad SMARTS) is 1. The average molecular weight is 349 g/mol. The van der Waals surface area contributed by atoms with Gasteiger partial charge < -0.3 is 9.84 Å². The SMILES string of the molecule is COc1ccc(S(=O)(=O)N2CCC(F)(F)C(C(=O)O)C2)cc1C. The largest absolute Gasteiger partial charge is 0.496 e. The number of sulfonamides is 1. The summed E-state index contributed by atoms with van der Waals surface area (Å²) in [6.07, 6.45) is -0.821. The number of hydrogen-bond donors (Lipinski definition) is 1. The van der Waals surface area contributed by atoms with Crippen molar-refractivity contribution < 1.29 is 31.8 Å². The van der Waals surface area contributed by atoms with Crippen molar-refractivity contribution in [3.05, 3.63) is 23.8 Å². The van der Waals surface area contributed by atoms with Gasteiger partial charge in [0.2, 0.25) is 10.0 Å². The lowest BCUT2D eigenvalue weighted by Crippen LogP contribution is -2.52. The molecule has 1 saturated heterocycles. The lowest BCUT2D eigenvalue weighted by atomic mass is 9.95. The highest BCUT2D eigenvalue weighted by Gasteiger charge is 2.50. The smallest absolute Gasteiger partial charge is 0.313 e. The van der Waals surface area contributed by atoms with Crippen LogP contribution in [0.5, 0.6) is 5.75 Å². The fourth-order valence-electron chi connectivity index (χ4n) is 2.51. The number of piperidine rings is 1. The lowest BCUT2D eigenvalue weighted by molar-refractivity contribution is -0.163. The van der Waals surface area contributed by atoms with Crippen molar-refractivity contribution in [2.45, 2.75) is 24.2 Å². The molecule has 1 fully saturated rings. The van der Waals surface area contributed by atoms with Crippen LogP contribution >= 0.6 is 0 Å². The van der Waals surface area contributed by atoms with Crippen LogP contribution in [0.15, 0.2) is 23.1 Å². The molecule has 9 heteroatoms. The molecule has 0 aliphatic carbocycles. The van der Waals surface area contributed by atoms with Gasteiger partial charge in [-0.15, -0.1) is 0 Å². The summed E-state index contributed by atoms with van der Waals surface area (Å²) in [5.41, 5.74) is 0.575. The Hall–Kier alpha value is -1.74. The summed E-state index contributed by atoms with van der Waals surface area (Å²) in [5, 5.41) is 8.92. The molecule has 1 aromatic rings. The third-order valence-corrected chi connectivity index (χ3v) is 5.75. The number of hydrogen-bond acceptors (Lipinski definition) is 4. The third-order valence-electron chi connectivity index (χ3n) is 3.89. The Bertz CT molecular complexity index is 720. The molecule has 128 valence electrons. The first-order valence-corrected chi connectivity index (χ1v) is 8.29. The number of aliphatic carboxylic acids is 1. The van der Waals surface area contributed by atoms with E-state index in [1.165, 1.54) is 25.3 Å². The number of nitrogens with zero attached hydrogens (tertiary/aromatic N) is 1. The number of aryl methyl sites for hydroxylation is 1. The third kappa shape index (κ3) is 3.30. The van der Waals surface area contributed by atoms with Gasteiger partial charge in [0.25, 0.3) is 5.92 Å². The maximum Gasteiger partial charge on any atom is 0.313 e. The van der Waals surface area contributed by atoms with Gasteiger partial charge in [0, 0.05) is 19.5 Å². The zero-order valence-corrected chi connectivity index (χ0v) is 13.4. The minimum atomic E-state index is -4.05. The molecule has 0 saturated carbocycles. The van der Waals surface area contributed by atoms with E-state index >= 15 is 0 Å². The topological polar surface area (TPSA) is 83.9 Å². The van der Waals surface area contributed by atoms with Crippen molar-refractivity contribution >= 4 is 16.0 Å². The Labute approximate surface area is 132 Å². The highest BCUT2D eigenvalue weighted by atomic mass is 32.2. The summed E-state index contributed by atoms with van der Waals surface area (Å²) in [7, 11) is -2.60. The molecule has 6 nitrogen and oxygen atoms in total. The highest BCUT2D eigenvalue weighted by Crippen LogP contribution is 2.36. The summed E-state index contributed by atoms with van der Waals surface area (Å²) >= 11 is 0. The van der Waals surface area contributed by atoms with Crippen LogP contribution in [0.25, 0.3) is 0 Å². The number of carboxylic acids is 1. The van der Waals surface area contributed by atoms with E-state index < -0.39 is 47.3 Å². The fraction of sp³-hybridized carbons (Fsp3) is 0.500. The predicted molar refractivity (Wildman–Crippen MR) is 77.2 cm³/mol. The van der Waals surface area contributed by atoms with Gasteiger partial charge >= 0.3 is 5.97 Å². The van der Waals surface area contributed by atoms with Gasteiger partial charge in [-0.2, -0.15) is 4.31 Å². The fourth-order valence-corrected chi connectivity index (χ4v) is 4.05. The van der Waals surface area contributed by atoms with E-state index in [0.29, 0.717) is 11.3 Å². The van der Waals surface area contributed by atoms with Crippen molar-refractivity contribution in [1.29, 1.82) is 0 Å². The van der Waals surface area contributed by atoms with Crippen molar-refractivity contribution in [3.63, 3.8) is 0 Å². The Balaban J connectivity index is 2.33. The zero-order valence-electron chi connectivity index (χ0n) is 12.6. The summed E-state index contributed by atoms with van der Waals surface area (Å²) in [6, 6.07) is 4.15. The van der Waals surface area contributed by atoms with Gasteiger partial charge in [0.1, 0.15) is 11.7 Å². The summed E-state index contributed by atoms with van der Waals surface area (Å²) in [6.45, 7) is 0.474. The number of alkyl halides is 2. The molecule has 1 N–H and O–H groups in total. The summed E-state index contributed by atoms with van der Waals surface area (Å²) in [5.74, 6) is -6.68. The van der Waals surface area contributed by atoms with Gasteiger partial charge in [-0.1, -0.05) is 0 Å². The number of rotatable bonds is 4. The predicted octanol–water partition coefficient (Wildman–Crippen LogP) is 1.73. The molecule has 1 aliphatic rings. The maximum atomic E-state index is 13.6. The first-order valence-electron chi connectivity index (χ1n) is 6.85. The lowest BCUT2D eigenvalue weighted by Gasteiger charge is -2.35. The molecule has 1 atom stereocenters. The molecule has 1 heterocycles. The van der Waals surface area contributed by atoms with Crippen molar-refractivity contribution in [3.8, 4) is 5.75 Å². The summed E-state index contributed by atoms with van der Waals surface area (Å²) < 4.78 is 58.2. The van der Waals surface area contributed by atoms with Crippen LogP contribution in [-0.2, 0) is 14.8 Å². The number of carbonyl (C=O) groups is 1. The average Bonchev–Trinajstić information content (AvgIpc) is 2.46. The second kappa shape index (κ2) is 6.04. The van der Waals surface area contributed by atoms with E-state index in [4.69, 9.17) is 9.84 Å². The quantitative estimate of drug-likeness (QED) is 0.895. The van der Waals surface area contributed by atoms with Gasteiger partial charge in [0.05, 0.1) is 12.0 Å². The molecular formula is C14H17F2NO5S. The van der Waals surface area contributed by atoms with Crippen LogP contribution < -0.4 is 4.74 Å². The maximum absolute atomic E-state index is 13.6. The molecular weight excluding hydrogens is 332 g/mol. The number of halogens is 2. The van der Waals surface area contributed by atoms with E-state index in [1.807, 2.05) is 0 Å². The zero-order chi connectivity index (χ0) is 17.4. The minimum absolute atomic E-state index is 0.0786. The van der Waals surface area contributed by atoms with E-state index in [2.05, 4.69) is 0 Å². The van der Waals surface area contributed by atoms with Gasteiger partial charge in [-0.25, -0.2) is 17.2 Å². The second-order valence-electron chi connectivity index (χ2n) is 5.40. The first-order chi connectivity index (χ1) is 10.6. The Morgan fingerprint density at radius 3 is 2.61 bits per heavy atom. The monoisotopic (exact) mass is 349 g/mol. The van der Waals surface area contributed by atoms with Crippen molar-refractivity contribution in [2.24, 2.45) is 5.92 Å². The van der Waals surface area contributed by atoms with E-state index in [-0.39, 0.29) is 4.90 Å². The van der Waals surface area contributed by atoms with Crippen molar-refractivity contribution in [2.75, 3.05) is 20.2 Å². The molecule has 0 amide bonds. The van der Waals surface area contributed by atoms with Gasteiger partial charge in [0.15, 0.2) is 0 Å². The van der Waals surface area contributed by atoms with Crippen molar-refractivity contribution in [1.82, 2.24) is 4.31 Å². The minimum Gasteiger partial charge on any atom is -0.496 e. The van der Waals surface area contributed by atoms with E-state index in [9.17, 15) is 22.0 Å². The van der Waals surface area contributed by atoms with E-state index in [0.717, 1.165) is 4.31 Å². The number of methoxy groups -OCH3 is 1. The van der Waals surface area contributed by atoms with Crippen LogP contribution in [0.2, 0.25) is 0 Å². The first kappa shape index (κ1) is 17.6. The van der Waals surface area contributed by atoms with Gasteiger partial charge in [-0.3, -0.25) is 4.79 Å². The van der Waals surface area contributed by atoms with Crippen LogP contribution in [-0.4, -0.2) is 49.9 Å². The van der Waals surface area contributed by atoms with E-state index in [1.54, 1.807) is 6.92 Å². The summed E-state index contributed by atoms with van der Waals surface area (Å²) in [4.78, 5) is 10.9. The Morgan fingerprint density at radius 1 is 1.43 bits per heavy atom. The highest BCUT2D eigenvalue weighted by molar-refractivity contribution is 7.89. The standard InChI is InChI=1S/C14H17F2NO5S/c1-9-7-10(3-4-12(9)22-2)23(20,21)17-6-5-14(15,16)11(8-17)13(18)19/h3-4,7,11H,5-6,8H2,1-2H3,(H,18,19). The molecule has 0 radical (unpaired) electrons. The Morgan fingerprint density at radius 2 is 2.09 bits per heavy atom. The molecule has 23 heavy (non-hydrogen) atoms. The van der Waals surface area contributed by atoms with Crippen LogP contribution in [0.4, 0.5) is 8.78 Å². The molecule has 1 aromatic carbocycles.